The normalized spacial score (nSPS) is 10.6. The molecule has 0 aliphatic carbocycles. The van der Waals surface area contributed by atoms with E-state index in [1.165, 1.54) is 16.7 Å². The van der Waals surface area contributed by atoms with E-state index in [1.54, 1.807) is 7.11 Å². The predicted octanol–water partition coefficient (Wildman–Crippen LogP) is 3.31. The van der Waals surface area contributed by atoms with Crippen LogP contribution in [-0.4, -0.2) is 20.3 Å². The van der Waals surface area contributed by atoms with Crippen LogP contribution in [0.25, 0.3) is 0 Å². The van der Waals surface area contributed by atoms with E-state index in [0.717, 1.165) is 18.8 Å². The van der Waals surface area contributed by atoms with Crippen molar-refractivity contribution in [1.29, 1.82) is 0 Å². The van der Waals surface area contributed by atoms with E-state index >= 15 is 0 Å². The molecule has 2 rings (SSSR count). The van der Waals surface area contributed by atoms with Gasteiger partial charge in [0.2, 0.25) is 0 Å². The Bertz CT molecular complexity index is 554. The third kappa shape index (κ3) is 5.21. The highest BCUT2D eigenvalue weighted by Gasteiger charge is 1.99. The van der Waals surface area contributed by atoms with Gasteiger partial charge in [-0.15, -0.1) is 0 Å². The average molecular weight is 285 g/mol. The number of methoxy groups -OCH3 is 1. The number of hydrogen-bond acceptors (Lipinski definition) is 3. The summed E-state index contributed by atoms with van der Waals surface area (Å²) in [5, 5.41) is 3.47. The molecule has 3 nitrogen and oxygen atoms in total. The second kappa shape index (κ2) is 8.45. The molecule has 2 aromatic carbocycles. The van der Waals surface area contributed by atoms with E-state index in [0.29, 0.717) is 13.2 Å². The molecule has 0 amide bonds. The summed E-state index contributed by atoms with van der Waals surface area (Å²) in [6.07, 6.45) is 0. The first-order valence-electron chi connectivity index (χ1n) is 7.25. The summed E-state index contributed by atoms with van der Waals surface area (Å²) in [6.45, 7) is 5.03. The molecule has 0 spiro atoms. The third-order valence-corrected chi connectivity index (χ3v) is 3.36. The number of rotatable bonds is 8. The maximum atomic E-state index is 5.62. The van der Waals surface area contributed by atoms with Gasteiger partial charge in [0, 0.05) is 20.2 Å². The van der Waals surface area contributed by atoms with Crippen LogP contribution in [-0.2, 0) is 17.8 Å². The van der Waals surface area contributed by atoms with Gasteiger partial charge in [0.1, 0.15) is 12.4 Å². The van der Waals surface area contributed by atoms with Gasteiger partial charge in [0.25, 0.3) is 0 Å². The molecule has 0 bridgehead atoms. The first kappa shape index (κ1) is 15.5. The Labute approximate surface area is 126 Å². The number of ether oxygens (including phenoxy) is 2. The molecule has 21 heavy (non-hydrogen) atoms. The van der Waals surface area contributed by atoms with E-state index in [1.807, 2.05) is 12.1 Å². The van der Waals surface area contributed by atoms with E-state index in [9.17, 15) is 0 Å². The summed E-state index contributed by atoms with van der Waals surface area (Å²) in [5.74, 6) is 0.891. The van der Waals surface area contributed by atoms with Crippen molar-refractivity contribution in [1.82, 2.24) is 5.32 Å². The van der Waals surface area contributed by atoms with Gasteiger partial charge in [-0.05, 0) is 35.7 Å². The van der Waals surface area contributed by atoms with Crippen molar-refractivity contribution in [2.45, 2.75) is 20.0 Å². The van der Waals surface area contributed by atoms with E-state index < -0.39 is 0 Å². The minimum absolute atomic E-state index is 0.580. The summed E-state index contributed by atoms with van der Waals surface area (Å²) in [7, 11) is 1.68. The number of nitrogens with one attached hydrogen (secondary N) is 1. The molecular weight excluding hydrogens is 262 g/mol. The lowest BCUT2D eigenvalue weighted by Crippen LogP contribution is -2.13. The van der Waals surface area contributed by atoms with Crippen molar-refractivity contribution in [3.63, 3.8) is 0 Å². The fraction of sp³-hybridized carbons (Fsp3) is 0.333. The highest BCUT2D eigenvalue weighted by Crippen LogP contribution is 2.13. The second-order valence-electron chi connectivity index (χ2n) is 5.02. The van der Waals surface area contributed by atoms with Crippen LogP contribution in [0.3, 0.4) is 0 Å². The van der Waals surface area contributed by atoms with Crippen molar-refractivity contribution >= 4 is 0 Å². The van der Waals surface area contributed by atoms with Crippen LogP contribution in [0.1, 0.15) is 16.7 Å². The van der Waals surface area contributed by atoms with Gasteiger partial charge >= 0.3 is 0 Å². The zero-order chi connectivity index (χ0) is 14.9. The molecule has 0 saturated carbocycles. The molecule has 0 radical (unpaired) electrons. The minimum atomic E-state index is 0.580. The number of benzene rings is 2. The Balaban J connectivity index is 1.83. The standard InChI is InChI=1S/C18H23NO2/c1-15-6-3-4-8-17(15)14-19-13-16-7-5-9-18(12-16)21-11-10-20-2/h3-9,12,19H,10-11,13-14H2,1-2H3. The Hall–Kier alpha value is -1.84. The minimum Gasteiger partial charge on any atom is -0.491 e. The molecule has 0 aromatic heterocycles. The Morgan fingerprint density at radius 3 is 2.62 bits per heavy atom. The van der Waals surface area contributed by atoms with Gasteiger partial charge < -0.3 is 14.8 Å². The van der Waals surface area contributed by atoms with Crippen LogP contribution in [0, 0.1) is 6.92 Å². The zero-order valence-electron chi connectivity index (χ0n) is 12.8. The topological polar surface area (TPSA) is 30.5 Å². The Morgan fingerprint density at radius 1 is 0.952 bits per heavy atom. The molecule has 112 valence electrons. The molecule has 0 aliphatic heterocycles. The van der Waals surface area contributed by atoms with E-state index in [2.05, 4.69) is 48.6 Å². The van der Waals surface area contributed by atoms with Crippen LogP contribution < -0.4 is 10.1 Å². The van der Waals surface area contributed by atoms with Crippen molar-refractivity contribution < 1.29 is 9.47 Å². The van der Waals surface area contributed by atoms with Crippen LogP contribution in [0.4, 0.5) is 0 Å². The second-order valence-corrected chi connectivity index (χ2v) is 5.02. The SMILES string of the molecule is COCCOc1cccc(CNCc2ccccc2C)c1. The van der Waals surface area contributed by atoms with Crippen LogP contribution >= 0.6 is 0 Å². The first-order chi connectivity index (χ1) is 10.3. The maximum absolute atomic E-state index is 5.62. The van der Waals surface area contributed by atoms with Crippen LogP contribution in [0.2, 0.25) is 0 Å². The smallest absolute Gasteiger partial charge is 0.119 e. The van der Waals surface area contributed by atoms with Crippen LogP contribution in [0.15, 0.2) is 48.5 Å². The van der Waals surface area contributed by atoms with E-state index in [-0.39, 0.29) is 0 Å². The summed E-state index contributed by atoms with van der Waals surface area (Å²) in [6, 6.07) is 16.6. The summed E-state index contributed by atoms with van der Waals surface area (Å²) in [5.41, 5.74) is 3.88. The summed E-state index contributed by atoms with van der Waals surface area (Å²) in [4.78, 5) is 0. The molecule has 0 heterocycles. The molecule has 0 aliphatic rings. The molecule has 2 aromatic rings. The number of aryl methyl sites for hydroxylation is 1. The van der Waals surface area contributed by atoms with Crippen molar-refractivity contribution in [3.05, 3.63) is 65.2 Å². The molecule has 3 heteroatoms. The molecule has 0 saturated heterocycles. The van der Waals surface area contributed by atoms with Gasteiger partial charge in [-0.3, -0.25) is 0 Å². The highest BCUT2D eigenvalue weighted by molar-refractivity contribution is 5.29. The van der Waals surface area contributed by atoms with Gasteiger partial charge in [0.05, 0.1) is 6.61 Å². The lowest BCUT2D eigenvalue weighted by Gasteiger charge is -2.10. The van der Waals surface area contributed by atoms with Crippen molar-refractivity contribution in [3.8, 4) is 5.75 Å². The quantitative estimate of drug-likeness (QED) is 0.755. The van der Waals surface area contributed by atoms with Gasteiger partial charge in [0.15, 0.2) is 0 Å². The average Bonchev–Trinajstić information content (AvgIpc) is 2.50. The zero-order valence-corrected chi connectivity index (χ0v) is 12.8. The van der Waals surface area contributed by atoms with Gasteiger partial charge in [-0.2, -0.15) is 0 Å². The van der Waals surface area contributed by atoms with Crippen LogP contribution in [0.5, 0.6) is 5.75 Å². The number of hydrogen-bond donors (Lipinski definition) is 1. The largest absolute Gasteiger partial charge is 0.491 e. The van der Waals surface area contributed by atoms with E-state index in [4.69, 9.17) is 9.47 Å². The fourth-order valence-corrected chi connectivity index (χ4v) is 2.14. The molecular formula is C18H23NO2. The Kier molecular flexibility index (Phi) is 6.25. The fourth-order valence-electron chi connectivity index (χ4n) is 2.14. The lowest BCUT2D eigenvalue weighted by atomic mass is 10.1. The van der Waals surface area contributed by atoms with Crippen molar-refractivity contribution in [2.75, 3.05) is 20.3 Å². The maximum Gasteiger partial charge on any atom is 0.119 e. The molecule has 0 fully saturated rings. The molecule has 0 atom stereocenters. The summed E-state index contributed by atoms with van der Waals surface area (Å²) < 4.78 is 10.6. The lowest BCUT2D eigenvalue weighted by molar-refractivity contribution is 0.146. The Morgan fingerprint density at radius 2 is 1.81 bits per heavy atom. The van der Waals surface area contributed by atoms with Gasteiger partial charge in [-0.1, -0.05) is 36.4 Å². The van der Waals surface area contributed by atoms with Gasteiger partial charge in [-0.25, -0.2) is 0 Å². The highest BCUT2D eigenvalue weighted by atomic mass is 16.5. The summed E-state index contributed by atoms with van der Waals surface area (Å²) >= 11 is 0. The first-order valence-corrected chi connectivity index (χ1v) is 7.25. The molecule has 1 N–H and O–H groups in total. The van der Waals surface area contributed by atoms with Crippen molar-refractivity contribution in [2.24, 2.45) is 0 Å². The monoisotopic (exact) mass is 285 g/mol. The third-order valence-electron chi connectivity index (χ3n) is 3.36. The molecule has 0 unspecified atom stereocenters. The predicted molar refractivity (Wildman–Crippen MR) is 85.5 cm³/mol.